The molecule has 2 N–H and O–H groups in total. The summed E-state index contributed by atoms with van der Waals surface area (Å²) in [5.41, 5.74) is 0.695. The van der Waals surface area contributed by atoms with Crippen LogP contribution in [0.3, 0.4) is 0 Å². The molecular weight excluding hydrogens is 278 g/mol. The van der Waals surface area contributed by atoms with Gasteiger partial charge in [-0.15, -0.1) is 0 Å². The van der Waals surface area contributed by atoms with Crippen LogP contribution in [0.25, 0.3) is 0 Å². The number of hydrogen-bond acceptors (Lipinski definition) is 3. The van der Waals surface area contributed by atoms with E-state index in [1.165, 1.54) is 32.1 Å². The molecule has 3 saturated carbocycles. The van der Waals surface area contributed by atoms with Crippen LogP contribution in [0.2, 0.25) is 0 Å². The van der Waals surface area contributed by atoms with Gasteiger partial charge in [0.25, 0.3) is 0 Å². The van der Waals surface area contributed by atoms with Crippen molar-refractivity contribution >= 4 is 11.7 Å². The molecule has 0 spiro atoms. The Labute approximate surface area is 130 Å². The smallest absolute Gasteiger partial charge is 0.319 e. The average molecular weight is 301 g/mol. The van der Waals surface area contributed by atoms with Crippen LogP contribution in [0.1, 0.15) is 32.1 Å². The van der Waals surface area contributed by atoms with Gasteiger partial charge in [-0.1, -0.05) is 6.42 Å². The van der Waals surface area contributed by atoms with Crippen molar-refractivity contribution in [2.45, 2.75) is 38.1 Å². The highest BCUT2D eigenvalue weighted by Gasteiger charge is 2.54. The summed E-state index contributed by atoms with van der Waals surface area (Å²) in [4.78, 5) is 16.3. The van der Waals surface area contributed by atoms with Crippen molar-refractivity contribution in [3.8, 4) is 5.88 Å². The van der Waals surface area contributed by atoms with Crippen LogP contribution in [0.15, 0.2) is 18.3 Å². The minimum absolute atomic E-state index is 0.112. The maximum atomic E-state index is 12.2. The van der Waals surface area contributed by atoms with Gasteiger partial charge >= 0.3 is 6.03 Å². The fraction of sp³-hybridized carbons (Fsp3) is 0.647. The maximum Gasteiger partial charge on any atom is 0.319 e. The first-order valence-electron chi connectivity index (χ1n) is 8.32. The van der Waals surface area contributed by atoms with E-state index in [2.05, 4.69) is 15.6 Å². The second-order valence-corrected chi connectivity index (χ2v) is 6.95. The van der Waals surface area contributed by atoms with Crippen molar-refractivity contribution in [2.75, 3.05) is 12.4 Å². The molecule has 0 aliphatic heterocycles. The molecule has 0 aromatic carbocycles. The number of fused-ring (bicyclic) bond motifs is 5. The van der Waals surface area contributed by atoms with Gasteiger partial charge in [0, 0.05) is 12.1 Å². The molecule has 118 valence electrons. The Morgan fingerprint density at radius 2 is 2.09 bits per heavy atom. The number of carbonyl (C=O) groups excluding carboxylic acids is 1. The molecule has 3 aliphatic carbocycles. The standard InChI is InChI=1S/C17H23N3O2/c1-22-16-6-5-11(9-18-16)19-17(21)20-15-8-10-7-14(15)13-4-2-3-12(10)13/h5-6,9-10,12-15H,2-4,7-8H2,1H3,(H2,19,20,21)/t10-,12-,13+,14+,15-/m1/s1. The van der Waals surface area contributed by atoms with Gasteiger partial charge in [-0.05, 0) is 55.4 Å². The van der Waals surface area contributed by atoms with Gasteiger partial charge in [-0.2, -0.15) is 0 Å². The lowest BCUT2D eigenvalue weighted by Crippen LogP contribution is -2.44. The third kappa shape index (κ3) is 2.32. The summed E-state index contributed by atoms with van der Waals surface area (Å²) in [5.74, 6) is 3.93. The first-order valence-corrected chi connectivity index (χ1v) is 8.32. The van der Waals surface area contributed by atoms with Crippen LogP contribution in [0.4, 0.5) is 10.5 Å². The zero-order valence-corrected chi connectivity index (χ0v) is 12.9. The van der Waals surface area contributed by atoms with Gasteiger partial charge in [-0.25, -0.2) is 9.78 Å². The Morgan fingerprint density at radius 3 is 2.86 bits per heavy atom. The van der Waals surface area contributed by atoms with Crippen LogP contribution < -0.4 is 15.4 Å². The number of carbonyl (C=O) groups is 1. The summed E-state index contributed by atoms with van der Waals surface area (Å²) >= 11 is 0. The van der Waals surface area contributed by atoms with E-state index in [-0.39, 0.29) is 6.03 Å². The molecule has 1 aromatic rings. The Balaban J connectivity index is 1.34. The molecule has 22 heavy (non-hydrogen) atoms. The van der Waals surface area contributed by atoms with Gasteiger partial charge in [0.15, 0.2) is 0 Å². The number of ether oxygens (including phenoxy) is 1. The summed E-state index contributed by atoms with van der Waals surface area (Å²) in [5, 5.41) is 6.06. The fourth-order valence-corrected chi connectivity index (χ4v) is 5.14. The molecule has 2 bridgehead atoms. The van der Waals surface area contributed by atoms with Crippen molar-refractivity contribution in [3.63, 3.8) is 0 Å². The summed E-state index contributed by atoms with van der Waals surface area (Å²) < 4.78 is 5.02. The maximum absolute atomic E-state index is 12.2. The Kier molecular flexibility index (Phi) is 3.43. The number of nitrogens with zero attached hydrogens (tertiary/aromatic N) is 1. The summed E-state index contributed by atoms with van der Waals surface area (Å²) in [6.45, 7) is 0. The van der Waals surface area contributed by atoms with Crippen LogP contribution in [-0.4, -0.2) is 24.2 Å². The predicted octanol–water partition coefficient (Wildman–Crippen LogP) is 3.04. The van der Waals surface area contributed by atoms with Crippen LogP contribution >= 0.6 is 0 Å². The largest absolute Gasteiger partial charge is 0.481 e. The normalized spacial score (nSPS) is 35.2. The molecule has 0 unspecified atom stereocenters. The minimum Gasteiger partial charge on any atom is -0.481 e. The third-order valence-corrected chi connectivity index (χ3v) is 5.95. The molecule has 5 atom stereocenters. The van der Waals surface area contributed by atoms with E-state index >= 15 is 0 Å². The van der Waals surface area contributed by atoms with E-state index in [1.807, 2.05) is 0 Å². The SMILES string of the molecule is COc1ccc(NC(=O)N[C@@H]2C[C@H]3C[C@H]2[C@H]2CCC[C@H]32)cn1. The molecule has 1 aromatic heterocycles. The van der Waals surface area contributed by atoms with E-state index in [4.69, 9.17) is 4.74 Å². The monoisotopic (exact) mass is 301 g/mol. The molecule has 0 radical (unpaired) electrons. The molecule has 1 heterocycles. The quantitative estimate of drug-likeness (QED) is 0.902. The van der Waals surface area contributed by atoms with Crippen molar-refractivity contribution in [1.82, 2.24) is 10.3 Å². The van der Waals surface area contributed by atoms with E-state index in [1.54, 1.807) is 25.4 Å². The number of hydrogen-bond donors (Lipinski definition) is 2. The molecule has 3 fully saturated rings. The fourth-order valence-electron chi connectivity index (χ4n) is 5.14. The van der Waals surface area contributed by atoms with E-state index in [9.17, 15) is 4.79 Å². The summed E-state index contributed by atoms with van der Waals surface area (Å²) in [6.07, 6.45) is 8.28. The number of methoxy groups -OCH3 is 1. The summed E-state index contributed by atoms with van der Waals surface area (Å²) in [6, 6.07) is 3.80. The van der Waals surface area contributed by atoms with Gasteiger partial charge in [-0.3, -0.25) is 0 Å². The number of rotatable bonds is 3. The summed E-state index contributed by atoms with van der Waals surface area (Å²) in [7, 11) is 1.58. The highest BCUT2D eigenvalue weighted by Crippen LogP contribution is 2.58. The Hall–Kier alpha value is -1.78. The van der Waals surface area contributed by atoms with E-state index in [0.29, 0.717) is 23.5 Å². The van der Waals surface area contributed by atoms with E-state index in [0.717, 1.165) is 17.8 Å². The van der Waals surface area contributed by atoms with Gasteiger partial charge in [0.05, 0.1) is 19.0 Å². The number of amides is 2. The van der Waals surface area contributed by atoms with Crippen molar-refractivity contribution in [1.29, 1.82) is 0 Å². The lowest BCUT2D eigenvalue weighted by Gasteiger charge is -2.32. The number of anilines is 1. The Bertz CT molecular complexity index is 560. The van der Waals surface area contributed by atoms with Crippen molar-refractivity contribution in [3.05, 3.63) is 18.3 Å². The first-order chi connectivity index (χ1) is 10.7. The second kappa shape index (κ2) is 5.45. The average Bonchev–Trinajstić information content (AvgIpc) is 3.20. The number of urea groups is 1. The second-order valence-electron chi connectivity index (χ2n) is 6.95. The molecule has 3 aliphatic rings. The Morgan fingerprint density at radius 1 is 1.23 bits per heavy atom. The van der Waals surface area contributed by atoms with Gasteiger partial charge in [0.2, 0.25) is 5.88 Å². The zero-order valence-electron chi connectivity index (χ0n) is 12.9. The lowest BCUT2D eigenvalue weighted by molar-refractivity contribution is 0.203. The highest BCUT2D eigenvalue weighted by molar-refractivity contribution is 5.89. The predicted molar refractivity (Wildman–Crippen MR) is 83.8 cm³/mol. The van der Waals surface area contributed by atoms with Crippen molar-refractivity contribution < 1.29 is 9.53 Å². The number of aromatic nitrogens is 1. The van der Waals surface area contributed by atoms with Crippen LogP contribution in [-0.2, 0) is 0 Å². The van der Waals surface area contributed by atoms with E-state index < -0.39 is 0 Å². The molecule has 2 amide bonds. The first kappa shape index (κ1) is 13.9. The topological polar surface area (TPSA) is 63.2 Å². The number of nitrogens with one attached hydrogen (secondary N) is 2. The molecule has 0 saturated heterocycles. The zero-order chi connectivity index (χ0) is 15.1. The van der Waals surface area contributed by atoms with Crippen molar-refractivity contribution in [2.24, 2.45) is 23.7 Å². The van der Waals surface area contributed by atoms with Crippen LogP contribution in [0, 0.1) is 23.7 Å². The molecular formula is C17H23N3O2. The van der Waals surface area contributed by atoms with Crippen LogP contribution in [0.5, 0.6) is 5.88 Å². The third-order valence-electron chi connectivity index (χ3n) is 5.95. The lowest BCUT2D eigenvalue weighted by atomic mass is 9.79. The molecule has 5 nitrogen and oxygen atoms in total. The highest BCUT2D eigenvalue weighted by atomic mass is 16.5. The molecule has 5 heteroatoms. The minimum atomic E-state index is -0.112. The van der Waals surface area contributed by atoms with Gasteiger partial charge < -0.3 is 15.4 Å². The number of pyridine rings is 1. The van der Waals surface area contributed by atoms with Gasteiger partial charge in [0.1, 0.15) is 0 Å². The molecule has 4 rings (SSSR count).